The summed E-state index contributed by atoms with van der Waals surface area (Å²) >= 11 is 0. The van der Waals surface area contributed by atoms with E-state index in [0.717, 1.165) is 36.3 Å². The number of amides is 1. The summed E-state index contributed by atoms with van der Waals surface area (Å²) in [7, 11) is 0. The zero-order chi connectivity index (χ0) is 15.4. The van der Waals surface area contributed by atoms with Crippen LogP contribution in [0.4, 0.5) is 0 Å². The van der Waals surface area contributed by atoms with Crippen molar-refractivity contribution in [3.63, 3.8) is 0 Å². The van der Waals surface area contributed by atoms with Crippen molar-refractivity contribution in [3.05, 3.63) is 30.0 Å². The zero-order valence-corrected chi connectivity index (χ0v) is 13.1. The molecule has 1 saturated heterocycles. The fourth-order valence-corrected chi connectivity index (χ4v) is 3.20. The maximum absolute atomic E-state index is 12.3. The van der Waals surface area contributed by atoms with Gasteiger partial charge in [0.1, 0.15) is 0 Å². The molecule has 1 aliphatic heterocycles. The smallest absolute Gasteiger partial charge is 0.272 e. The molecule has 3 rings (SSSR count). The van der Waals surface area contributed by atoms with Crippen LogP contribution in [0.15, 0.2) is 24.3 Å². The highest BCUT2D eigenvalue weighted by Gasteiger charge is 2.18. The van der Waals surface area contributed by atoms with Gasteiger partial charge in [-0.05, 0) is 50.9 Å². The third-order valence-electron chi connectivity index (χ3n) is 4.68. The molecule has 0 spiro atoms. The fraction of sp³-hybridized carbons (Fsp3) is 0.529. The van der Waals surface area contributed by atoms with E-state index >= 15 is 0 Å². The second kappa shape index (κ2) is 6.92. The minimum absolute atomic E-state index is 0.0801. The summed E-state index contributed by atoms with van der Waals surface area (Å²) in [6.45, 7) is 6.49. The van der Waals surface area contributed by atoms with Gasteiger partial charge in [-0.3, -0.25) is 9.89 Å². The van der Waals surface area contributed by atoms with Gasteiger partial charge in [-0.2, -0.15) is 5.10 Å². The van der Waals surface area contributed by atoms with E-state index in [4.69, 9.17) is 0 Å². The van der Waals surface area contributed by atoms with Crippen molar-refractivity contribution in [2.75, 3.05) is 26.2 Å². The second-order valence-corrected chi connectivity index (χ2v) is 6.04. The van der Waals surface area contributed by atoms with Crippen LogP contribution in [0.25, 0.3) is 10.9 Å². The molecule has 2 N–H and O–H groups in total. The summed E-state index contributed by atoms with van der Waals surface area (Å²) in [5.74, 6) is 0.655. The van der Waals surface area contributed by atoms with E-state index in [-0.39, 0.29) is 5.91 Å². The van der Waals surface area contributed by atoms with Crippen LogP contribution in [-0.4, -0.2) is 47.2 Å². The molecule has 0 atom stereocenters. The van der Waals surface area contributed by atoms with E-state index in [2.05, 4.69) is 27.3 Å². The molecule has 5 nitrogen and oxygen atoms in total. The molecule has 1 fully saturated rings. The van der Waals surface area contributed by atoms with Crippen molar-refractivity contribution in [2.45, 2.75) is 26.2 Å². The number of aromatic nitrogens is 2. The van der Waals surface area contributed by atoms with Gasteiger partial charge < -0.3 is 10.2 Å². The molecular formula is C17H24N4O. The maximum Gasteiger partial charge on any atom is 0.272 e. The standard InChI is InChI=1S/C17H24N4O/c1-2-21-11-8-13(9-12-21)7-10-18-17(22)16-14-5-3-4-6-15(14)19-20-16/h3-6,13H,2,7-12H2,1H3,(H,18,22)(H,19,20). The van der Waals surface area contributed by atoms with Gasteiger partial charge in [0.25, 0.3) is 5.91 Å². The molecule has 1 amide bonds. The molecule has 1 aromatic carbocycles. The van der Waals surface area contributed by atoms with Crippen LogP contribution in [0.3, 0.4) is 0 Å². The van der Waals surface area contributed by atoms with Crippen LogP contribution < -0.4 is 5.32 Å². The van der Waals surface area contributed by atoms with Crippen molar-refractivity contribution >= 4 is 16.8 Å². The molecule has 1 aromatic heterocycles. The summed E-state index contributed by atoms with van der Waals surface area (Å²) in [5, 5.41) is 10.9. The van der Waals surface area contributed by atoms with Crippen molar-refractivity contribution in [1.82, 2.24) is 20.4 Å². The lowest BCUT2D eigenvalue weighted by molar-refractivity contribution is 0.0945. The fourth-order valence-electron chi connectivity index (χ4n) is 3.20. The average Bonchev–Trinajstić information content (AvgIpc) is 2.99. The van der Waals surface area contributed by atoms with Crippen LogP contribution in [-0.2, 0) is 0 Å². The Morgan fingerprint density at radius 1 is 1.36 bits per heavy atom. The molecule has 2 heterocycles. The number of nitrogens with zero attached hydrogens (tertiary/aromatic N) is 2. The van der Waals surface area contributed by atoms with Gasteiger partial charge in [0, 0.05) is 11.9 Å². The average molecular weight is 300 g/mol. The molecule has 0 aliphatic carbocycles. The summed E-state index contributed by atoms with van der Waals surface area (Å²) in [6, 6.07) is 7.72. The van der Waals surface area contributed by atoms with Crippen molar-refractivity contribution in [3.8, 4) is 0 Å². The Labute approximate surface area is 131 Å². The Morgan fingerprint density at radius 3 is 2.91 bits per heavy atom. The molecule has 118 valence electrons. The lowest BCUT2D eigenvalue weighted by Crippen LogP contribution is -2.35. The van der Waals surface area contributed by atoms with Gasteiger partial charge in [0.2, 0.25) is 0 Å². The summed E-state index contributed by atoms with van der Waals surface area (Å²) in [5.41, 5.74) is 1.40. The van der Waals surface area contributed by atoms with E-state index < -0.39 is 0 Å². The number of H-pyrrole nitrogens is 1. The van der Waals surface area contributed by atoms with Gasteiger partial charge in [0.15, 0.2) is 5.69 Å². The number of aromatic amines is 1. The second-order valence-electron chi connectivity index (χ2n) is 6.04. The Bertz CT molecular complexity index is 628. The number of hydrogen-bond acceptors (Lipinski definition) is 3. The van der Waals surface area contributed by atoms with E-state index in [0.29, 0.717) is 5.69 Å². The van der Waals surface area contributed by atoms with Crippen LogP contribution >= 0.6 is 0 Å². The van der Waals surface area contributed by atoms with Crippen molar-refractivity contribution < 1.29 is 4.79 Å². The Kier molecular flexibility index (Phi) is 4.73. The molecule has 5 heteroatoms. The third kappa shape index (κ3) is 3.30. The number of likely N-dealkylation sites (tertiary alicyclic amines) is 1. The molecule has 0 bridgehead atoms. The van der Waals surface area contributed by atoms with Gasteiger partial charge in [0.05, 0.1) is 5.52 Å². The summed E-state index contributed by atoms with van der Waals surface area (Å²) < 4.78 is 0. The van der Waals surface area contributed by atoms with Crippen molar-refractivity contribution in [1.29, 1.82) is 0 Å². The lowest BCUT2D eigenvalue weighted by Gasteiger charge is -2.30. The quantitative estimate of drug-likeness (QED) is 0.891. The number of carbonyl (C=O) groups is 1. The highest BCUT2D eigenvalue weighted by Crippen LogP contribution is 2.20. The highest BCUT2D eigenvalue weighted by atomic mass is 16.1. The summed E-state index contributed by atoms with van der Waals surface area (Å²) in [4.78, 5) is 14.7. The van der Waals surface area contributed by atoms with Crippen LogP contribution in [0.1, 0.15) is 36.7 Å². The number of para-hydroxylation sites is 1. The third-order valence-corrected chi connectivity index (χ3v) is 4.68. The monoisotopic (exact) mass is 300 g/mol. The Morgan fingerprint density at radius 2 is 2.14 bits per heavy atom. The molecule has 0 unspecified atom stereocenters. The first-order valence-corrected chi connectivity index (χ1v) is 8.21. The maximum atomic E-state index is 12.3. The van der Waals surface area contributed by atoms with Crippen LogP contribution in [0.5, 0.6) is 0 Å². The SMILES string of the molecule is CCN1CCC(CCNC(=O)c2n[nH]c3ccccc23)CC1. The Hall–Kier alpha value is -1.88. The number of benzene rings is 1. The number of piperidine rings is 1. The number of nitrogens with one attached hydrogen (secondary N) is 2. The number of carbonyl (C=O) groups excluding carboxylic acids is 1. The van der Waals surface area contributed by atoms with Crippen LogP contribution in [0.2, 0.25) is 0 Å². The molecule has 0 saturated carbocycles. The lowest BCUT2D eigenvalue weighted by atomic mass is 9.93. The Balaban J connectivity index is 1.49. The topological polar surface area (TPSA) is 61.0 Å². The van der Waals surface area contributed by atoms with E-state index in [1.54, 1.807) is 0 Å². The molecule has 2 aromatic rings. The number of fused-ring (bicyclic) bond motifs is 1. The first-order chi connectivity index (χ1) is 10.8. The largest absolute Gasteiger partial charge is 0.351 e. The molecule has 1 aliphatic rings. The predicted molar refractivity (Wildman–Crippen MR) is 87.9 cm³/mol. The number of rotatable bonds is 5. The first-order valence-electron chi connectivity index (χ1n) is 8.21. The molecule has 22 heavy (non-hydrogen) atoms. The van der Waals surface area contributed by atoms with Gasteiger partial charge in [-0.1, -0.05) is 25.1 Å². The predicted octanol–water partition coefficient (Wildman–Crippen LogP) is 2.41. The number of hydrogen-bond donors (Lipinski definition) is 2. The minimum atomic E-state index is -0.0801. The van der Waals surface area contributed by atoms with Crippen molar-refractivity contribution in [2.24, 2.45) is 5.92 Å². The minimum Gasteiger partial charge on any atom is -0.351 e. The van der Waals surface area contributed by atoms with E-state index in [9.17, 15) is 4.79 Å². The van der Waals surface area contributed by atoms with Gasteiger partial charge in [-0.25, -0.2) is 0 Å². The van der Waals surface area contributed by atoms with Crippen LogP contribution in [0, 0.1) is 5.92 Å². The highest BCUT2D eigenvalue weighted by molar-refractivity contribution is 6.04. The molecule has 0 radical (unpaired) electrons. The van der Waals surface area contributed by atoms with E-state index in [1.807, 2.05) is 24.3 Å². The summed E-state index contributed by atoms with van der Waals surface area (Å²) in [6.07, 6.45) is 3.55. The van der Waals surface area contributed by atoms with Gasteiger partial charge in [-0.15, -0.1) is 0 Å². The van der Waals surface area contributed by atoms with Gasteiger partial charge >= 0.3 is 0 Å². The first kappa shape index (κ1) is 15.0. The zero-order valence-electron chi connectivity index (χ0n) is 13.1. The van der Waals surface area contributed by atoms with E-state index in [1.165, 1.54) is 25.9 Å². The molecular weight excluding hydrogens is 276 g/mol. The normalized spacial score (nSPS) is 17.0.